The van der Waals surface area contributed by atoms with E-state index >= 15 is 0 Å². The van der Waals surface area contributed by atoms with Crippen LogP contribution in [0.4, 0.5) is 0 Å². The van der Waals surface area contributed by atoms with Crippen LogP contribution in [0.3, 0.4) is 0 Å². The molecule has 47 heavy (non-hydrogen) atoms. The van der Waals surface area contributed by atoms with Gasteiger partial charge in [0, 0.05) is 0 Å². The van der Waals surface area contributed by atoms with Gasteiger partial charge in [0.2, 0.25) is 0 Å². The highest BCUT2D eigenvalue weighted by Gasteiger charge is 2.48. The Balaban J connectivity index is 1.13. The Bertz CT molecular complexity index is 1610. The van der Waals surface area contributed by atoms with E-state index in [-0.39, 0.29) is 38.8 Å². The minimum Gasteiger partial charge on any atom is -0.307 e. The summed E-state index contributed by atoms with van der Waals surface area (Å²) < 4.78 is 52.0. The Labute approximate surface area is 279 Å². The van der Waals surface area contributed by atoms with E-state index in [1.54, 1.807) is 0 Å². The maximum absolute atomic E-state index is 13.9. The number of rotatable bonds is 10. The number of hydrogen-bond acceptors (Lipinski definition) is 6. The summed E-state index contributed by atoms with van der Waals surface area (Å²) in [4.78, 5) is 0. The Morgan fingerprint density at radius 1 is 0.553 bits per heavy atom. The molecular weight excluding hydrogens is 626 g/mol. The molecule has 2 aliphatic rings. The highest BCUT2D eigenvalue weighted by Crippen LogP contribution is 2.62. The highest BCUT2D eigenvalue weighted by atomic mass is 31.2. The zero-order valence-corrected chi connectivity index (χ0v) is 29.7. The lowest BCUT2D eigenvalue weighted by Gasteiger charge is -2.43. The zero-order valence-electron chi connectivity index (χ0n) is 27.9. The largest absolute Gasteiger partial charge is 0.335 e. The summed E-state index contributed by atoms with van der Waals surface area (Å²) >= 11 is 0. The third-order valence-corrected chi connectivity index (χ3v) is 12.3. The predicted molar refractivity (Wildman–Crippen MR) is 190 cm³/mol. The van der Waals surface area contributed by atoms with Gasteiger partial charge in [-0.15, -0.1) is 0 Å². The molecule has 6 nitrogen and oxygen atoms in total. The van der Waals surface area contributed by atoms with E-state index in [4.69, 9.17) is 18.1 Å². The van der Waals surface area contributed by atoms with Gasteiger partial charge in [0.05, 0.1) is 44.2 Å². The van der Waals surface area contributed by atoms with Crippen molar-refractivity contribution in [3.05, 3.63) is 119 Å². The van der Waals surface area contributed by atoms with E-state index in [0.29, 0.717) is 11.8 Å². The minimum absolute atomic E-state index is 0.148. The van der Waals surface area contributed by atoms with Gasteiger partial charge in [0.15, 0.2) is 0 Å². The van der Waals surface area contributed by atoms with Gasteiger partial charge in [-0.1, -0.05) is 125 Å². The van der Waals surface area contributed by atoms with Crippen molar-refractivity contribution in [3.8, 4) is 22.3 Å². The van der Waals surface area contributed by atoms with Crippen LogP contribution in [-0.2, 0) is 52.4 Å². The average molecular weight is 673 g/mol. The molecule has 248 valence electrons. The molecule has 6 rings (SSSR count). The second kappa shape index (κ2) is 14.3. The van der Waals surface area contributed by atoms with Crippen LogP contribution in [0.25, 0.3) is 22.3 Å². The van der Waals surface area contributed by atoms with Crippen molar-refractivity contribution >= 4 is 15.2 Å². The maximum Gasteiger partial charge on any atom is 0.335 e. The molecule has 0 aliphatic carbocycles. The van der Waals surface area contributed by atoms with E-state index < -0.39 is 20.6 Å². The van der Waals surface area contributed by atoms with Crippen LogP contribution < -0.4 is 0 Å². The molecule has 0 aromatic heterocycles. The topological polar surface area (TPSA) is 71.1 Å². The van der Waals surface area contributed by atoms with Gasteiger partial charge in [-0.3, -0.25) is 9.13 Å². The van der Waals surface area contributed by atoms with Crippen molar-refractivity contribution in [2.75, 3.05) is 26.4 Å². The van der Waals surface area contributed by atoms with Crippen LogP contribution in [0.2, 0.25) is 0 Å². The monoisotopic (exact) mass is 672 g/mol. The molecule has 0 saturated carbocycles. The summed E-state index contributed by atoms with van der Waals surface area (Å²) in [5, 5.41) is 0. The highest BCUT2D eigenvalue weighted by molar-refractivity contribution is 7.53. The number of hydrogen-bond donors (Lipinski definition) is 0. The molecule has 0 bridgehead atoms. The van der Waals surface area contributed by atoms with E-state index in [2.05, 4.69) is 88.4 Å². The first kappa shape index (κ1) is 34.1. The first-order valence-electron chi connectivity index (χ1n) is 16.6. The van der Waals surface area contributed by atoms with Gasteiger partial charge in [0.1, 0.15) is 0 Å². The van der Waals surface area contributed by atoms with Crippen LogP contribution in [0.5, 0.6) is 0 Å². The quantitative estimate of drug-likeness (QED) is 0.156. The summed E-state index contributed by atoms with van der Waals surface area (Å²) in [6.45, 7) is 9.42. The molecule has 4 aromatic rings. The van der Waals surface area contributed by atoms with Crippen molar-refractivity contribution in [3.63, 3.8) is 0 Å². The fourth-order valence-electron chi connectivity index (χ4n) is 6.36. The number of benzene rings is 4. The summed E-state index contributed by atoms with van der Waals surface area (Å²) in [7, 11) is -6.88. The van der Waals surface area contributed by atoms with Crippen molar-refractivity contribution in [2.45, 2.75) is 52.9 Å². The Morgan fingerprint density at radius 3 is 1.26 bits per heavy atom. The van der Waals surface area contributed by atoms with Crippen LogP contribution in [0.1, 0.15) is 49.9 Å². The Morgan fingerprint density at radius 2 is 0.915 bits per heavy atom. The molecule has 0 unspecified atom stereocenters. The van der Waals surface area contributed by atoms with Crippen molar-refractivity contribution in [1.82, 2.24) is 0 Å². The molecule has 0 N–H and O–H groups in total. The zero-order chi connectivity index (χ0) is 33.1. The van der Waals surface area contributed by atoms with E-state index in [1.807, 2.05) is 36.4 Å². The molecule has 0 amide bonds. The maximum atomic E-state index is 13.9. The van der Waals surface area contributed by atoms with Crippen LogP contribution in [0.15, 0.2) is 97.1 Å². The van der Waals surface area contributed by atoms with Gasteiger partial charge in [0.25, 0.3) is 0 Å². The molecular formula is C39H46O6P2. The summed E-state index contributed by atoms with van der Waals surface area (Å²) in [6.07, 6.45) is 2.28. The standard InChI is InChI=1S/C39H46O6P2/c1-29(2)19-31-15-17-35(37(21-31)33-11-7-5-8-12-33)23-46(40)42-25-39(26-43-46)27-44-47(41,45-28-39)24-36-18-16-32(20-30(3)4)22-38(36)34-13-9-6-10-14-34/h5-18,21-22,29-30H,19-20,23-28H2,1-4H3. The molecule has 1 spiro atoms. The van der Waals surface area contributed by atoms with Gasteiger partial charge < -0.3 is 18.1 Å². The first-order valence-corrected chi connectivity index (χ1v) is 20.1. The molecule has 2 saturated heterocycles. The minimum atomic E-state index is -3.44. The summed E-state index contributed by atoms with van der Waals surface area (Å²) in [6, 6.07) is 33.1. The fourth-order valence-corrected chi connectivity index (χ4v) is 10.1. The van der Waals surface area contributed by atoms with Gasteiger partial charge in [-0.2, -0.15) is 0 Å². The molecule has 0 atom stereocenters. The second-order valence-electron chi connectivity index (χ2n) is 14.0. The van der Waals surface area contributed by atoms with E-state index in [1.165, 1.54) is 11.1 Å². The lowest BCUT2D eigenvalue weighted by Crippen LogP contribution is -2.45. The van der Waals surface area contributed by atoms with Crippen LogP contribution in [0, 0.1) is 17.3 Å². The van der Waals surface area contributed by atoms with Gasteiger partial charge in [-0.25, -0.2) is 0 Å². The Kier molecular flexibility index (Phi) is 10.4. The average Bonchev–Trinajstić information content (AvgIpc) is 3.06. The second-order valence-corrected chi connectivity index (χ2v) is 18.2. The molecule has 2 heterocycles. The fraction of sp³-hybridized carbons (Fsp3) is 0.385. The van der Waals surface area contributed by atoms with Crippen LogP contribution >= 0.6 is 15.2 Å². The van der Waals surface area contributed by atoms with Gasteiger partial charge in [-0.05, 0) is 69.2 Å². The Hall–Kier alpha value is -2.82. The van der Waals surface area contributed by atoms with E-state index in [9.17, 15) is 9.13 Å². The molecule has 8 heteroatoms. The van der Waals surface area contributed by atoms with Gasteiger partial charge >= 0.3 is 15.2 Å². The molecule has 2 fully saturated rings. The first-order chi connectivity index (χ1) is 22.5. The van der Waals surface area contributed by atoms with E-state index in [0.717, 1.165) is 46.2 Å². The third kappa shape index (κ3) is 8.43. The smallest absolute Gasteiger partial charge is 0.307 e. The van der Waals surface area contributed by atoms with Crippen molar-refractivity contribution < 1.29 is 27.2 Å². The summed E-state index contributed by atoms with van der Waals surface area (Å²) in [5.41, 5.74) is 7.91. The molecule has 4 aromatic carbocycles. The predicted octanol–water partition coefficient (Wildman–Crippen LogP) is 10.6. The summed E-state index contributed by atoms with van der Waals surface area (Å²) in [5.74, 6) is 1.06. The third-order valence-electron chi connectivity index (χ3n) is 8.80. The van der Waals surface area contributed by atoms with Crippen LogP contribution in [-0.4, -0.2) is 26.4 Å². The normalized spacial score (nSPS) is 24.6. The lowest BCUT2D eigenvalue weighted by molar-refractivity contribution is -0.0690. The van der Waals surface area contributed by atoms with Crippen molar-refractivity contribution in [2.24, 2.45) is 17.3 Å². The SMILES string of the molecule is CC(C)Cc1ccc(CP2(=O)OCC3(CO2)COP(=O)(Cc2ccc(CC(C)C)cc2-c2ccccc2)OC3)c(-c2ccccc2)c1. The molecule has 2 aliphatic heterocycles. The lowest BCUT2D eigenvalue weighted by atomic mass is 9.93. The van der Waals surface area contributed by atoms with Crippen molar-refractivity contribution in [1.29, 1.82) is 0 Å². The molecule has 0 radical (unpaired) electrons.